The van der Waals surface area contributed by atoms with Crippen molar-refractivity contribution >= 4 is 30.0 Å². The normalized spacial score (nSPS) is 17.7. The van der Waals surface area contributed by atoms with Crippen LogP contribution in [0, 0.1) is 11.6 Å². The van der Waals surface area contributed by atoms with E-state index < -0.39 is 40.7 Å². The van der Waals surface area contributed by atoms with Gasteiger partial charge in [0.1, 0.15) is 16.5 Å². The van der Waals surface area contributed by atoms with Crippen molar-refractivity contribution in [1.29, 1.82) is 0 Å². The van der Waals surface area contributed by atoms with Gasteiger partial charge >= 0.3 is 10.2 Å². The Morgan fingerprint density at radius 2 is 0.769 bits per heavy atom. The molecule has 0 saturated heterocycles. The number of hydrogen-bond acceptors (Lipinski definition) is 0. The van der Waals surface area contributed by atoms with Crippen molar-refractivity contribution in [1.82, 2.24) is 0 Å². The maximum Gasteiger partial charge on any atom is 0.310 e. The largest absolute Gasteiger partial charge is 0.310 e. The fourth-order valence-electron chi connectivity index (χ4n) is 1.38. The lowest BCUT2D eigenvalue weighted by Crippen LogP contribution is -2.05. The molecule has 0 aliphatic heterocycles. The third-order valence-electron chi connectivity index (χ3n) is 2.52. The van der Waals surface area contributed by atoms with Gasteiger partial charge in [-0.25, -0.2) is 8.78 Å². The molecular weight excluding hydrogens is 453 g/mol. The molecule has 0 heterocycles. The van der Waals surface area contributed by atoms with E-state index in [2.05, 4.69) is 10.7 Å². The maximum absolute atomic E-state index is 12.4. The second-order valence-corrected chi connectivity index (χ2v) is 11.5. The molecular formula is C12H8ClF11S2. The van der Waals surface area contributed by atoms with Crippen LogP contribution in [-0.2, 0) is 0 Å². The van der Waals surface area contributed by atoms with E-state index in [0.717, 1.165) is 0 Å². The van der Waals surface area contributed by atoms with Crippen molar-refractivity contribution in [3.05, 3.63) is 60.2 Å². The van der Waals surface area contributed by atoms with Crippen LogP contribution in [0.3, 0.4) is 0 Å². The molecule has 0 bridgehead atoms. The van der Waals surface area contributed by atoms with E-state index in [4.69, 9.17) is 0 Å². The molecule has 0 amide bonds. The zero-order valence-corrected chi connectivity index (χ0v) is 14.4. The third kappa shape index (κ3) is 7.11. The third-order valence-corrected chi connectivity index (χ3v) is 5.38. The molecule has 2 rings (SSSR count). The number of rotatable bonds is 2. The van der Waals surface area contributed by atoms with Gasteiger partial charge < -0.3 is 0 Å². The lowest BCUT2D eigenvalue weighted by Gasteiger charge is -2.42. The summed E-state index contributed by atoms with van der Waals surface area (Å²) in [5.74, 6) is -1.88. The second-order valence-electron chi connectivity index (χ2n) is 4.85. The first-order chi connectivity index (χ1) is 11.0. The van der Waals surface area contributed by atoms with Gasteiger partial charge in [-0.3, -0.25) is 0 Å². The summed E-state index contributed by atoms with van der Waals surface area (Å²) in [6.45, 7) is 0. The van der Waals surface area contributed by atoms with Gasteiger partial charge in [-0.1, -0.05) is 19.4 Å². The van der Waals surface area contributed by atoms with E-state index in [9.17, 15) is 43.8 Å². The molecule has 2 aromatic carbocycles. The summed E-state index contributed by atoms with van der Waals surface area (Å²) in [5, 5.41) is 0. The minimum atomic E-state index is -9.62. The van der Waals surface area contributed by atoms with Crippen LogP contribution in [0.25, 0.3) is 0 Å². The first-order valence-electron chi connectivity index (χ1n) is 5.97. The average Bonchev–Trinajstić information content (AvgIpc) is 2.34. The number of benzene rings is 2. The van der Waals surface area contributed by atoms with Gasteiger partial charge in [0.2, 0.25) is 0 Å². The highest BCUT2D eigenvalue weighted by atomic mass is 35.7. The Bertz CT molecular complexity index is 721. The summed E-state index contributed by atoms with van der Waals surface area (Å²) in [7, 11) is -14.3. The molecule has 0 saturated carbocycles. The Hall–Kier alpha value is -1.34. The monoisotopic (exact) mass is 460 g/mol. The minimum absolute atomic E-state index is 0.0247. The lowest BCUT2D eigenvalue weighted by molar-refractivity contribution is 0.363. The zero-order valence-electron chi connectivity index (χ0n) is 12.0. The van der Waals surface area contributed by atoms with E-state index in [1.54, 1.807) is 0 Å². The van der Waals surface area contributed by atoms with Gasteiger partial charge in [-0.15, -0.1) is 15.5 Å². The van der Waals surface area contributed by atoms with Gasteiger partial charge in [-0.2, -0.15) is 0 Å². The SMILES string of the molecule is Fc1ccc(S(F)(F)(F)(F)Cl)cc1.Fc1ccc(S(F)(F)(F)(F)F)cc1. The van der Waals surface area contributed by atoms with Crippen molar-refractivity contribution in [3.63, 3.8) is 0 Å². The molecule has 0 radical (unpaired) electrons. The summed E-state index contributed by atoms with van der Waals surface area (Å²) in [4.78, 5) is -3.73. The van der Waals surface area contributed by atoms with Gasteiger partial charge in [0.25, 0.3) is 9.05 Å². The fourth-order valence-corrected chi connectivity index (χ4v) is 2.99. The Labute approximate surface area is 144 Å². The summed E-state index contributed by atoms with van der Waals surface area (Å²) in [6, 6.07) is 2.26. The topological polar surface area (TPSA) is 0 Å². The predicted molar refractivity (Wildman–Crippen MR) is 80.3 cm³/mol. The first-order valence-corrected chi connectivity index (χ1v) is 10.8. The molecule has 26 heavy (non-hydrogen) atoms. The van der Waals surface area contributed by atoms with E-state index in [-0.39, 0.29) is 24.3 Å². The number of halogens is 12. The Morgan fingerprint density at radius 1 is 0.500 bits per heavy atom. The first kappa shape index (κ1) is 22.7. The van der Waals surface area contributed by atoms with Crippen molar-refractivity contribution in [2.75, 3.05) is 0 Å². The van der Waals surface area contributed by atoms with Crippen molar-refractivity contribution in [2.45, 2.75) is 9.79 Å². The van der Waals surface area contributed by atoms with Gasteiger partial charge in [-0.05, 0) is 48.5 Å². The zero-order chi connectivity index (χ0) is 20.8. The molecule has 0 unspecified atom stereocenters. The molecule has 0 nitrogen and oxygen atoms in total. The van der Waals surface area contributed by atoms with Gasteiger partial charge in [0.15, 0.2) is 0 Å². The molecule has 0 N–H and O–H groups in total. The number of hydrogen-bond donors (Lipinski definition) is 0. The summed E-state index contributed by atoms with van der Waals surface area (Å²) in [6.07, 6.45) is 0. The molecule has 0 aromatic heterocycles. The van der Waals surface area contributed by atoms with Crippen LogP contribution >= 0.6 is 30.0 Å². The molecule has 0 aliphatic carbocycles. The lowest BCUT2D eigenvalue weighted by atomic mass is 10.4. The fraction of sp³-hybridized carbons (Fsp3) is 0. The summed E-state index contributed by atoms with van der Waals surface area (Å²) < 4.78 is 134. The standard InChI is InChI=1S/C6H4ClF5S.C6H4F6S/c7-13(9,10,11,12)6-3-1-5(8)2-4-6;7-5-1-3-6(4-2-5)13(8,9,10,11)12/h2*1-4H. The quantitative estimate of drug-likeness (QED) is 0.392. The van der Waals surface area contributed by atoms with E-state index in [0.29, 0.717) is 24.3 Å². The van der Waals surface area contributed by atoms with Crippen LogP contribution in [0.4, 0.5) is 43.8 Å². The second kappa shape index (κ2) is 5.13. The molecule has 0 spiro atoms. The van der Waals surface area contributed by atoms with Crippen molar-refractivity contribution in [3.8, 4) is 0 Å². The molecule has 14 heteroatoms. The maximum atomic E-state index is 12.4. The highest BCUT2D eigenvalue weighted by Crippen LogP contribution is 3.04. The smallest absolute Gasteiger partial charge is 0.207 e. The summed E-state index contributed by atoms with van der Waals surface area (Å²) in [5.41, 5.74) is 0. The van der Waals surface area contributed by atoms with Crippen LogP contribution in [0.2, 0.25) is 0 Å². The Balaban J connectivity index is 0.000000260. The highest BCUT2D eigenvalue weighted by molar-refractivity contribution is 8.65. The van der Waals surface area contributed by atoms with E-state index >= 15 is 0 Å². The Kier molecular flexibility index (Phi) is 4.48. The van der Waals surface area contributed by atoms with Crippen molar-refractivity contribution < 1.29 is 43.8 Å². The van der Waals surface area contributed by atoms with Crippen LogP contribution < -0.4 is 0 Å². The Morgan fingerprint density at radius 3 is 1.00 bits per heavy atom. The average molecular weight is 461 g/mol. The highest BCUT2D eigenvalue weighted by Gasteiger charge is 2.65. The molecule has 0 aliphatic rings. The van der Waals surface area contributed by atoms with Crippen LogP contribution in [-0.4, -0.2) is 0 Å². The van der Waals surface area contributed by atoms with E-state index in [1.807, 2.05) is 0 Å². The molecule has 2 aromatic rings. The van der Waals surface area contributed by atoms with Gasteiger partial charge in [0, 0.05) is 10.7 Å². The van der Waals surface area contributed by atoms with Crippen LogP contribution in [0.5, 0.6) is 0 Å². The molecule has 0 atom stereocenters. The molecule has 152 valence electrons. The molecule has 0 fully saturated rings. The van der Waals surface area contributed by atoms with Gasteiger partial charge in [0.05, 0.1) is 4.90 Å². The summed E-state index contributed by atoms with van der Waals surface area (Å²) >= 11 is 0. The minimum Gasteiger partial charge on any atom is -0.207 e. The van der Waals surface area contributed by atoms with Crippen LogP contribution in [0.15, 0.2) is 58.3 Å². The predicted octanol–water partition coefficient (Wildman–Crippen LogP) is 9.24. The van der Waals surface area contributed by atoms with E-state index in [1.165, 1.54) is 0 Å². The van der Waals surface area contributed by atoms with Crippen LogP contribution in [0.1, 0.15) is 0 Å². The van der Waals surface area contributed by atoms with Crippen molar-refractivity contribution in [2.24, 2.45) is 0 Å².